The van der Waals surface area contributed by atoms with E-state index in [2.05, 4.69) is 11.4 Å². The van der Waals surface area contributed by atoms with Gasteiger partial charge in [-0.25, -0.2) is 0 Å². The molecule has 2 atom stereocenters. The van der Waals surface area contributed by atoms with Crippen molar-refractivity contribution in [2.75, 3.05) is 26.9 Å². The second kappa shape index (κ2) is 8.34. The van der Waals surface area contributed by atoms with E-state index in [1.165, 1.54) is 25.6 Å². The number of carbonyl (C=O) groups excluding carboxylic acids is 2. The number of hydrogen-bond acceptors (Lipinski definition) is 6. The van der Waals surface area contributed by atoms with E-state index in [1.807, 2.05) is 6.07 Å². The Bertz CT molecular complexity index is 648. The maximum Gasteiger partial charge on any atom is 0.306 e. The van der Waals surface area contributed by atoms with E-state index in [0.717, 1.165) is 18.5 Å². The zero-order valence-electron chi connectivity index (χ0n) is 14.6. The van der Waals surface area contributed by atoms with Crippen LogP contribution in [0.4, 0.5) is 0 Å². The average Bonchev–Trinajstić information content (AvgIpc) is 3.26. The highest BCUT2D eigenvalue weighted by Gasteiger charge is 2.34. The maximum atomic E-state index is 12.2. The van der Waals surface area contributed by atoms with Crippen molar-refractivity contribution in [3.8, 4) is 0 Å². The van der Waals surface area contributed by atoms with Crippen molar-refractivity contribution in [1.82, 2.24) is 5.32 Å². The maximum absolute atomic E-state index is 12.2. The van der Waals surface area contributed by atoms with Crippen molar-refractivity contribution in [3.63, 3.8) is 0 Å². The van der Waals surface area contributed by atoms with Gasteiger partial charge in [0.15, 0.2) is 11.5 Å². The first-order valence-electron chi connectivity index (χ1n) is 8.89. The SMILES string of the molecule is COCCOC(=O)CCC(=O)c1cc(C2CNC3=CCCC[C@@H]32)co1. The number of furan rings is 1. The molecule has 0 amide bonds. The van der Waals surface area contributed by atoms with Crippen molar-refractivity contribution in [2.45, 2.75) is 38.0 Å². The summed E-state index contributed by atoms with van der Waals surface area (Å²) in [6.45, 7) is 1.45. The summed E-state index contributed by atoms with van der Waals surface area (Å²) in [6, 6.07) is 1.84. The molecule has 1 aromatic heterocycles. The van der Waals surface area contributed by atoms with Crippen LogP contribution in [0.25, 0.3) is 0 Å². The smallest absolute Gasteiger partial charge is 0.306 e. The third kappa shape index (κ3) is 4.31. The first-order valence-corrected chi connectivity index (χ1v) is 8.89. The monoisotopic (exact) mass is 347 g/mol. The Balaban J connectivity index is 1.53. The van der Waals surface area contributed by atoms with Crippen molar-refractivity contribution >= 4 is 11.8 Å². The molecule has 0 aromatic carbocycles. The van der Waals surface area contributed by atoms with Gasteiger partial charge in [0.05, 0.1) is 19.3 Å². The standard InChI is InChI=1S/C19H25NO5/c1-23-8-9-24-19(22)7-6-17(21)18-10-13(12-25-18)15-11-20-16-5-3-2-4-14(15)16/h5,10,12,14-15,20H,2-4,6-9,11H2,1H3/t14-,15?/m1/s1. The number of hydrogen-bond donors (Lipinski definition) is 1. The molecule has 1 aliphatic heterocycles. The minimum atomic E-state index is -0.394. The lowest BCUT2D eigenvalue weighted by Crippen LogP contribution is -2.12. The lowest BCUT2D eigenvalue weighted by atomic mass is 9.82. The van der Waals surface area contributed by atoms with Crippen LogP contribution >= 0.6 is 0 Å². The van der Waals surface area contributed by atoms with Gasteiger partial charge in [0.25, 0.3) is 0 Å². The van der Waals surface area contributed by atoms with Gasteiger partial charge in [-0.1, -0.05) is 6.08 Å². The van der Waals surface area contributed by atoms with Crippen molar-refractivity contribution < 1.29 is 23.5 Å². The van der Waals surface area contributed by atoms with Crippen LogP contribution in [0.5, 0.6) is 0 Å². The van der Waals surface area contributed by atoms with Crippen LogP contribution < -0.4 is 5.32 Å². The zero-order chi connectivity index (χ0) is 17.6. The Hall–Kier alpha value is -2.08. The van der Waals surface area contributed by atoms with Crippen LogP contribution in [0.1, 0.15) is 54.1 Å². The number of ether oxygens (including phenoxy) is 2. The first-order chi connectivity index (χ1) is 12.2. The molecular formula is C19H25NO5. The van der Waals surface area contributed by atoms with E-state index in [1.54, 1.807) is 6.26 Å². The fourth-order valence-corrected chi connectivity index (χ4v) is 3.59. The van der Waals surface area contributed by atoms with E-state index in [4.69, 9.17) is 13.9 Å². The largest absolute Gasteiger partial charge is 0.463 e. The van der Waals surface area contributed by atoms with Crippen molar-refractivity contribution in [3.05, 3.63) is 35.4 Å². The summed E-state index contributed by atoms with van der Waals surface area (Å²) < 4.78 is 15.2. The quantitative estimate of drug-likeness (QED) is 0.443. The van der Waals surface area contributed by atoms with Gasteiger partial charge in [0.1, 0.15) is 6.61 Å². The van der Waals surface area contributed by atoms with Crippen LogP contribution in [-0.2, 0) is 14.3 Å². The minimum Gasteiger partial charge on any atom is -0.463 e. The number of Topliss-reactive ketones (excluding diaryl/α,β-unsaturated/α-hetero) is 1. The molecule has 1 fully saturated rings. The van der Waals surface area contributed by atoms with E-state index < -0.39 is 5.97 Å². The zero-order valence-corrected chi connectivity index (χ0v) is 14.6. The van der Waals surface area contributed by atoms with Gasteiger partial charge in [-0.2, -0.15) is 0 Å². The Labute approximate surface area is 147 Å². The Morgan fingerprint density at radius 2 is 2.16 bits per heavy atom. The van der Waals surface area contributed by atoms with E-state index in [0.29, 0.717) is 24.2 Å². The molecule has 25 heavy (non-hydrogen) atoms. The number of esters is 1. The summed E-state index contributed by atoms with van der Waals surface area (Å²) in [5.41, 5.74) is 2.40. The van der Waals surface area contributed by atoms with E-state index >= 15 is 0 Å². The molecule has 1 aromatic rings. The van der Waals surface area contributed by atoms with Gasteiger partial charge in [0.2, 0.25) is 0 Å². The molecule has 1 unspecified atom stereocenters. The number of allylic oxidation sites excluding steroid dienone is 2. The van der Waals surface area contributed by atoms with Gasteiger partial charge in [-0.15, -0.1) is 0 Å². The highest BCUT2D eigenvalue weighted by atomic mass is 16.6. The second-order valence-corrected chi connectivity index (χ2v) is 6.56. The molecule has 0 saturated carbocycles. The van der Waals surface area contributed by atoms with Crippen LogP contribution in [0, 0.1) is 5.92 Å². The second-order valence-electron chi connectivity index (χ2n) is 6.56. The van der Waals surface area contributed by atoms with Crippen LogP contribution in [0.3, 0.4) is 0 Å². The molecule has 2 aliphatic rings. The Morgan fingerprint density at radius 1 is 1.28 bits per heavy atom. The van der Waals surface area contributed by atoms with Gasteiger partial charge in [0, 0.05) is 37.6 Å². The van der Waals surface area contributed by atoms with Gasteiger partial charge in [-0.3, -0.25) is 9.59 Å². The van der Waals surface area contributed by atoms with Crippen molar-refractivity contribution in [2.24, 2.45) is 5.92 Å². The Kier molecular flexibility index (Phi) is 5.91. The Morgan fingerprint density at radius 3 is 3.00 bits per heavy atom. The number of rotatable bonds is 8. The number of ketones is 1. The number of fused-ring (bicyclic) bond motifs is 1. The summed E-state index contributed by atoms with van der Waals surface area (Å²) in [5.74, 6) is 0.628. The molecule has 1 aliphatic carbocycles. The molecule has 3 rings (SSSR count). The molecule has 1 N–H and O–H groups in total. The predicted octanol–water partition coefficient (Wildman–Crippen LogP) is 2.80. The number of nitrogens with one attached hydrogen (secondary N) is 1. The predicted molar refractivity (Wildman–Crippen MR) is 91.3 cm³/mol. The van der Waals surface area contributed by atoms with E-state index in [9.17, 15) is 9.59 Å². The lowest BCUT2D eigenvalue weighted by Gasteiger charge is -2.21. The molecule has 136 valence electrons. The molecule has 0 spiro atoms. The summed E-state index contributed by atoms with van der Waals surface area (Å²) >= 11 is 0. The van der Waals surface area contributed by atoms with Gasteiger partial charge in [-0.05, 0) is 30.9 Å². The van der Waals surface area contributed by atoms with Crippen LogP contribution in [0.15, 0.2) is 28.5 Å². The molecular weight excluding hydrogens is 322 g/mol. The summed E-state index contributed by atoms with van der Waals surface area (Å²) in [7, 11) is 1.54. The molecule has 2 heterocycles. The third-order valence-electron chi connectivity index (χ3n) is 4.92. The summed E-state index contributed by atoms with van der Waals surface area (Å²) in [5, 5.41) is 3.47. The van der Waals surface area contributed by atoms with Crippen molar-refractivity contribution in [1.29, 1.82) is 0 Å². The van der Waals surface area contributed by atoms with Gasteiger partial charge < -0.3 is 19.2 Å². The van der Waals surface area contributed by atoms with E-state index in [-0.39, 0.29) is 25.2 Å². The number of carbonyl (C=O) groups is 2. The lowest BCUT2D eigenvalue weighted by molar-refractivity contribution is -0.144. The fraction of sp³-hybridized carbons (Fsp3) is 0.579. The summed E-state index contributed by atoms with van der Waals surface area (Å²) in [4.78, 5) is 23.8. The number of methoxy groups -OCH3 is 1. The fourth-order valence-electron chi connectivity index (χ4n) is 3.59. The normalized spacial score (nSPS) is 22.0. The molecule has 6 heteroatoms. The summed E-state index contributed by atoms with van der Waals surface area (Å²) in [6.07, 6.45) is 7.65. The molecule has 6 nitrogen and oxygen atoms in total. The molecule has 1 saturated heterocycles. The third-order valence-corrected chi connectivity index (χ3v) is 4.92. The highest BCUT2D eigenvalue weighted by Crippen LogP contribution is 2.40. The van der Waals surface area contributed by atoms with Crippen LogP contribution in [-0.4, -0.2) is 38.6 Å². The van der Waals surface area contributed by atoms with Crippen LogP contribution in [0.2, 0.25) is 0 Å². The molecule has 0 bridgehead atoms. The minimum absolute atomic E-state index is 0.0546. The first kappa shape index (κ1) is 17.7. The topological polar surface area (TPSA) is 77.8 Å². The molecule has 0 radical (unpaired) electrons. The van der Waals surface area contributed by atoms with Gasteiger partial charge >= 0.3 is 5.97 Å². The average molecular weight is 347 g/mol. The highest BCUT2D eigenvalue weighted by molar-refractivity contribution is 5.95.